The molecular formula is C11H12F3N. The standard InChI is InChI=1S/C11H12F3N/c12-7-5-8(13)11(9(14)6-7)10-3-1-2-4-15-10/h5-6,10,15H,1-4H2/t10-/m0/s1. The Kier molecular flexibility index (Phi) is 2.95. The van der Waals surface area contributed by atoms with Crippen LogP contribution in [0.3, 0.4) is 0 Å². The van der Waals surface area contributed by atoms with Gasteiger partial charge in [-0.3, -0.25) is 0 Å². The van der Waals surface area contributed by atoms with Crippen LogP contribution < -0.4 is 5.32 Å². The molecule has 1 nitrogen and oxygen atoms in total. The summed E-state index contributed by atoms with van der Waals surface area (Å²) in [5, 5.41) is 3.03. The highest BCUT2D eigenvalue weighted by molar-refractivity contribution is 5.24. The minimum absolute atomic E-state index is 0.0314. The molecule has 1 aliphatic heterocycles. The molecule has 15 heavy (non-hydrogen) atoms. The van der Waals surface area contributed by atoms with Gasteiger partial charge in [-0.05, 0) is 19.4 Å². The lowest BCUT2D eigenvalue weighted by atomic mass is 9.96. The molecule has 0 saturated carbocycles. The zero-order chi connectivity index (χ0) is 10.8. The molecule has 1 aliphatic rings. The zero-order valence-electron chi connectivity index (χ0n) is 8.19. The minimum Gasteiger partial charge on any atom is -0.310 e. The SMILES string of the molecule is Fc1cc(F)c([C@@H]2CCCCN2)c(F)c1. The van der Waals surface area contributed by atoms with Gasteiger partial charge in [-0.15, -0.1) is 0 Å². The number of hydrogen-bond acceptors (Lipinski definition) is 1. The monoisotopic (exact) mass is 215 g/mol. The maximum atomic E-state index is 13.4. The summed E-state index contributed by atoms with van der Waals surface area (Å²) < 4.78 is 39.4. The summed E-state index contributed by atoms with van der Waals surface area (Å²) in [4.78, 5) is 0. The van der Waals surface area contributed by atoms with E-state index < -0.39 is 17.5 Å². The highest BCUT2D eigenvalue weighted by Gasteiger charge is 2.22. The third-order valence-corrected chi connectivity index (χ3v) is 2.70. The van der Waals surface area contributed by atoms with E-state index in [1.165, 1.54) is 0 Å². The van der Waals surface area contributed by atoms with Gasteiger partial charge in [-0.25, -0.2) is 13.2 Å². The molecule has 1 saturated heterocycles. The molecule has 0 aliphatic carbocycles. The Morgan fingerprint density at radius 2 is 1.73 bits per heavy atom. The first kappa shape index (κ1) is 10.5. The fourth-order valence-electron chi connectivity index (χ4n) is 1.98. The van der Waals surface area contributed by atoms with Crippen molar-refractivity contribution in [1.29, 1.82) is 0 Å². The van der Waals surface area contributed by atoms with E-state index >= 15 is 0 Å². The molecule has 4 heteroatoms. The van der Waals surface area contributed by atoms with Crippen LogP contribution in [-0.4, -0.2) is 6.54 Å². The molecule has 0 unspecified atom stereocenters. The summed E-state index contributed by atoms with van der Waals surface area (Å²) in [6, 6.07) is 1.14. The highest BCUT2D eigenvalue weighted by Crippen LogP contribution is 2.27. The van der Waals surface area contributed by atoms with E-state index in [0.717, 1.165) is 31.5 Å². The maximum Gasteiger partial charge on any atom is 0.133 e. The van der Waals surface area contributed by atoms with E-state index in [1.807, 2.05) is 0 Å². The number of hydrogen-bond donors (Lipinski definition) is 1. The van der Waals surface area contributed by atoms with E-state index in [9.17, 15) is 13.2 Å². The lowest BCUT2D eigenvalue weighted by Gasteiger charge is -2.24. The number of rotatable bonds is 1. The summed E-state index contributed by atoms with van der Waals surface area (Å²) in [5.74, 6) is -2.47. The summed E-state index contributed by atoms with van der Waals surface area (Å²) >= 11 is 0. The number of benzene rings is 1. The van der Waals surface area contributed by atoms with Crippen LogP contribution in [0.5, 0.6) is 0 Å². The summed E-state index contributed by atoms with van der Waals surface area (Å²) in [6.45, 7) is 0.751. The van der Waals surface area contributed by atoms with Gasteiger partial charge in [0.05, 0.1) is 0 Å². The van der Waals surface area contributed by atoms with Gasteiger partial charge in [-0.1, -0.05) is 6.42 Å². The highest BCUT2D eigenvalue weighted by atomic mass is 19.1. The van der Waals surface area contributed by atoms with Crippen molar-refractivity contribution < 1.29 is 13.2 Å². The Labute approximate surface area is 86.3 Å². The molecule has 1 heterocycles. The molecule has 0 amide bonds. The Morgan fingerprint density at radius 3 is 2.27 bits per heavy atom. The quantitative estimate of drug-likeness (QED) is 0.759. The Morgan fingerprint density at radius 1 is 1.07 bits per heavy atom. The van der Waals surface area contributed by atoms with Crippen molar-refractivity contribution >= 4 is 0 Å². The fourth-order valence-corrected chi connectivity index (χ4v) is 1.98. The van der Waals surface area contributed by atoms with Crippen LogP contribution in [0.15, 0.2) is 12.1 Å². The smallest absolute Gasteiger partial charge is 0.133 e. The van der Waals surface area contributed by atoms with Gasteiger partial charge in [0.15, 0.2) is 0 Å². The molecule has 82 valence electrons. The Hall–Kier alpha value is -1.03. The number of piperidine rings is 1. The third-order valence-electron chi connectivity index (χ3n) is 2.70. The van der Waals surface area contributed by atoms with E-state index in [-0.39, 0.29) is 11.6 Å². The molecule has 0 spiro atoms. The lowest BCUT2D eigenvalue weighted by Crippen LogP contribution is -2.28. The topological polar surface area (TPSA) is 12.0 Å². The lowest BCUT2D eigenvalue weighted by molar-refractivity contribution is 0.382. The third kappa shape index (κ3) is 2.15. The summed E-state index contributed by atoms with van der Waals surface area (Å²) in [7, 11) is 0. The van der Waals surface area contributed by atoms with Crippen LogP contribution in [0.1, 0.15) is 30.9 Å². The van der Waals surface area contributed by atoms with Crippen molar-refractivity contribution in [3.63, 3.8) is 0 Å². The zero-order valence-corrected chi connectivity index (χ0v) is 8.19. The van der Waals surface area contributed by atoms with Crippen molar-refractivity contribution in [1.82, 2.24) is 5.32 Å². The second-order valence-electron chi connectivity index (χ2n) is 3.79. The van der Waals surface area contributed by atoms with Crippen LogP contribution in [0.25, 0.3) is 0 Å². The molecule has 2 rings (SSSR count). The minimum atomic E-state index is -0.871. The van der Waals surface area contributed by atoms with Crippen molar-refractivity contribution in [3.8, 4) is 0 Å². The van der Waals surface area contributed by atoms with Crippen LogP contribution >= 0.6 is 0 Å². The first-order chi connectivity index (χ1) is 7.18. The summed E-state index contributed by atoms with van der Waals surface area (Å²) in [5.41, 5.74) is -0.0314. The number of nitrogens with one attached hydrogen (secondary N) is 1. The van der Waals surface area contributed by atoms with Crippen LogP contribution in [-0.2, 0) is 0 Å². The van der Waals surface area contributed by atoms with Crippen molar-refractivity contribution in [3.05, 3.63) is 35.1 Å². The van der Waals surface area contributed by atoms with E-state index in [2.05, 4.69) is 5.32 Å². The average Bonchev–Trinajstić information content (AvgIpc) is 2.17. The predicted octanol–water partition coefficient (Wildman–Crippen LogP) is 2.92. The maximum absolute atomic E-state index is 13.4. The van der Waals surface area contributed by atoms with Gasteiger partial charge in [0.2, 0.25) is 0 Å². The first-order valence-electron chi connectivity index (χ1n) is 5.06. The van der Waals surface area contributed by atoms with E-state index in [1.54, 1.807) is 0 Å². The Balaban J connectivity index is 2.33. The van der Waals surface area contributed by atoms with Gasteiger partial charge in [-0.2, -0.15) is 0 Å². The predicted molar refractivity (Wildman–Crippen MR) is 50.9 cm³/mol. The Bertz CT molecular complexity index is 336. The van der Waals surface area contributed by atoms with Gasteiger partial charge in [0.1, 0.15) is 17.5 Å². The van der Waals surface area contributed by atoms with Crippen LogP contribution in [0.4, 0.5) is 13.2 Å². The van der Waals surface area contributed by atoms with E-state index in [4.69, 9.17) is 0 Å². The van der Waals surface area contributed by atoms with Crippen molar-refractivity contribution in [2.24, 2.45) is 0 Å². The molecule has 1 aromatic rings. The van der Waals surface area contributed by atoms with Gasteiger partial charge in [0.25, 0.3) is 0 Å². The molecule has 1 aromatic carbocycles. The molecular weight excluding hydrogens is 203 g/mol. The average molecular weight is 215 g/mol. The van der Waals surface area contributed by atoms with Crippen LogP contribution in [0, 0.1) is 17.5 Å². The van der Waals surface area contributed by atoms with Gasteiger partial charge in [0, 0.05) is 23.7 Å². The van der Waals surface area contributed by atoms with Crippen molar-refractivity contribution in [2.75, 3.05) is 6.54 Å². The number of halogens is 3. The fraction of sp³-hybridized carbons (Fsp3) is 0.455. The molecule has 0 aromatic heterocycles. The molecule has 1 atom stereocenters. The van der Waals surface area contributed by atoms with Crippen molar-refractivity contribution in [2.45, 2.75) is 25.3 Å². The molecule has 0 bridgehead atoms. The van der Waals surface area contributed by atoms with E-state index in [0.29, 0.717) is 6.42 Å². The molecule has 1 fully saturated rings. The van der Waals surface area contributed by atoms with Gasteiger partial charge >= 0.3 is 0 Å². The largest absolute Gasteiger partial charge is 0.310 e. The molecule has 1 N–H and O–H groups in total. The van der Waals surface area contributed by atoms with Crippen LogP contribution in [0.2, 0.25) is 0 Å². The summed E-state index contributed by atoms with van der Waals surface area (Å²) in [6.07, 6.45) is 2.65. The second-order valence-corrected chi connectivity index (χ2v) is 3.79. The van der Waals surface area contributed by atoms with Gasteiger partial charge < -0.3 is 5.32 Å². The first-order valence-corrected chi connectivity index (χ1v) is 5.06. The molecule has 0 radical (unpaired) electrons. The second kappa shape index (κ2) is 4.23. The normalized spacial score (nSPS) is 21.7.